The van der Waals surface area contributed by atoms with E-state index in [1.807, 2.05) is 31.2 Å². The van der Waals surface area contributed by atoms with Crippen molar-refractivity contribution in [2.45, 2.75) is 6.92 Å². The van der Waals surface area contributed by atoms with Crippen molar-refractivity contribution in [3.63, 3.8) is 0 Å². The summed E-state index contributed by atoms with van der Waals surface area (Å²) in [6.07, 6.45) is 0. The second-order valence-corrected chi connectivity index (χ2v) is 4.39. The molecule has 1 amide bonds. The lowest BCUT2D eigenvalue weighted by atomic mass is 10.2. The number of amides is 1. The molecule has 2 N–H and O–H groups in total. The molecule has 1 unspecified atom stereocenters. The molecule has 1 aromatic heterocycles. The summed E-state index contributed by atoms with van der Waals surface area (Å²) < 4.78 is 5.02. The van der Waals surface area contributed by atoms with Gasteiger partial charge >= 0.3 is 0 Å². The van der Waals surface area contributed by atoms with Crippen LogP contribution in [-0.2, 0) is 4.74 Å². The van der Waals surface area contributed by atoms with Crippen LogP contribution in [0.3, 0.4) is 0 Å². The normalized spacial score (nSPS) is 12.6. The maximum Gasteiger partial charge on any atom is 0.272 e. The van der Waals surface area contributed by atoms with Gasteiger partial charge < -0.3 is 10.1 Å². The first-order valence-corrected chi connectivity index (χ1v) is 5.92. The summed E-state index contributed by atoms with van der Waals surface area (Å²) in [6, 6.07) is 7.57. The molecule has 2 rings (SSSR count). The first kappa shape index (κ1) is 12.6. The highest BCUT2D eigenvalue weighted by Gasteiger charge is 2.14. The predicted octanol–water partition coefficient (Wildman–Crippen LogP) is 1.58. The molecule has 0 aliphatic carbocycles. The predicted molar refractivity (Wildman–Crippen MR) is 69.5 cm³/mol. The van der Waals surface area contributed by atoms with E-state index in [4.69, 9.17) is 4.74 Å². The molecule has 0 fully saturated rings. The lowest BCUT2D eigenvalue weighted by molar-refractivity contribution is 0.0930. The van der Waals surface area contributed by atoms with Crippen LogP contribution in [0.1, 0.15) is 17.4 Å². The summed E-state index contributed by atoms with van der Waals surface area (Å²) in [4.78, 5) is 12.0. The Morgan fingerprint density at radius 1 is 1.50 bits per heavy atom. The molecule has 96 valence electrons. The number of aromatic amines is 1. The second-order valence-electron chi connectivity index (χ2n) is 4.39. The Bertz CT molecular complexity index is 536. The smallest absolute Gasteiger partial charge is 0.272 e. The molecule has 0 bridgehead atoms. The topological polar surface area (TPSA) is 67.0 Å². The van der Waals surface area contributed by atoms with Crippen LogP contribution in [0, 0.1) is 5.92 Å². The lowest BCUT2D eigenvalue weighted by Crippen LogP contribution is -2.30. The van der Waals surface area contributed by atoms with E-state index in [9.17, 15) is 4.79 Å². The van der Waals surface area contributed by atoms with Crippen LogP contribution in [0.5, 0.6) is 0 Å². The number of H-pyrrole nitrogens is 1. The molecule has 5 nitrogen and oxygen atoms in total. The van der Waals surface area contributed by atoms with Gasteiger partial charge in [-0.1, -0.05) is 25.1 Å². The summed E-state index contributed by atoms with van der Waals surface area (Å²) in [5.41, 5.74) is 1.31. The van der Waals surface area contributed by atoms with E-state index in [-0.39, 0.29) is 11.8 Å². The van der Waals surface area contributed by atoms with Crippen LogP contribution in [0.15, 0.2) is 24.3 Å². The van der Waals surface area contributed by atoms with Crippen molar-refractivity contribution in [3.8, 4) is 0 Å². The highest BCUT2D eigenvalue weighted by molar-refractivity contribution is 6.04. The minimum absolute atomic E-state index is 0.157. The number of benzene rings is 1. The molecule has 0 aliphatic rings. The second kappa shape index (κ2) is 5.64. The molecule has 1 aromatic carbocycles. The zero-order chi connectivity index (χ0) is 13.0. The Morgan fingerprint density at radius 3 is 3.06 bits per heavy atom. The van der Waals surface area contributed by atoms with E-state index in [2.05, 4.69) is 15.5 Å². The van der Waals surface area contributed by atoms with Crippen LogP contribution in [-0.4, -0.2) is 36.4 Å². The van der Waals surface area contributed by atoms with Crippen molar-refractivity contribution in [2.75, 3.05) is 20.3 Å². The molecule has 2 aromatic rings. The van der Waals surface area contributed by atoms with Gasteiger partial charge in [0.2, 0.25) is 0 Å². The molecule has 0 saturated carbocycles. The Morgan fingerprint density at radius 2 is 2.28 bits per heavy atom. The number of nitrogens with zero attached hydrogens (tertiary/aromatic N) is 1. The van der Waals surface area contributed by atoms with E-state index in [1.54, 1.807) is 7.11 Å². The average Bonchev–Trinajstić information content (AvgIpc) is 2.80. The number of carbonyl (C=O) groups is 1. The van der Waals surface area contributed by atoms with Crippen molar-refractivity contribution in [1.82, 2.24) is 15.5 Å². The molecule has 1 heterocycles. The summed E-state index contributed by atoms with van der Waals surface area (Å²) in [6.45, 7) is 3.22. The number of hydrogen-bond acceptors (Lipinski definition) is 3. The van der Waals surface area contributed by atoms with Gasteiger partial charge in [0.1, 0.15) is 0 Å². The van der Waals surface area contributed by atoms with E-state index in [1.165, 1.54) is 0 Å². The average molecular weight is 247 g/mol. The number of ether oxygens (including phenoxy) is 1. The van der Waals surface area contributed by atoms with E-state index in [0.717, 1.165) is 10.9 Å². The minimum Gasteiger partial charge on any atom is -0.384 e. The van der Waals surface area contributed by atoms with Gasteiger partial charge in [0.25, 0.3) is 5.91 Å². The Balaban J connectivity index is 2.05. The van der Waals surface area contributed by atoms with Gasteiger partial charge in [-0.05, 0) is 12.0 Å². The summed E-state index contributed by atoms with van der Waals surface area (Å²) in [5.74, 6) is 0.125. The first-order valence-electron chi connectivity index (χ1n) is 5.92. The van der Waals surface area contributed by atoms with Crippen molar-refractivity contribution in [1.29, 1.82) is 0 Å². The van der Waals surface area contributed by atoms with E-state index in [0.29, 0.717) is 18.8 Å². The quantitative estimate of drug-likeness (QED) is 0.842. The lowest BCUT2D eigenvalue weighted by Gasteiger charge is -2.10. The van der Waals surface area contributed by atoms with E-state index < -0.39 is 0 Å². The molecule has 0 aliphatic heterocycles. The molecule has 18 heavy (non-hydrogen) atoms. The van der Waals surface area contributed by atoms with Crippen molar-refractivity contribution in [2.24, 2.45) is 5.92 Å². The molecule has 0 radical (unpaired) electrons. The number of hydrogen-bond donors (Lipinski definition) is 2. The van der Waals surface area contributed by atoms with Crippen molar-refractivity contribution >= 4 is 16.8 Å². The zero-order valence-electron chi connectivity index (χ0n) is 10.6. The Labute approximate surface area is 106 Å². The van der Waals surface area contributed by atoms with Gasteiger partial charge in [-0.15, -0.1) is 0 Å². The maximum atomic E-state index is 12.0. The first-order chi connectivity index (χ1) is 8.72. The van der Waals surface area contributed by atoms with Gasteiger partial charge in [-0.25, -0.2) is 0 Å². The molecule has 5 heteroatoms. The minimum atomic E-state index is -0.157. The van der Waals surface area contributed by atoms with Crippen molar-refractivity contribution in [3.05, 3.63) is 30.0 Å². The van der Waals surface area contributed by atoms with Gasteiger partial charge in [0, 0.05) is 19.0 Å². The summed E-state index contributed by atoms with van der Waals surface area (Å²) in [5, 5.41) is 10.6. The van der Waals surface area contributed by atoms with Gasteiger partial charge in [0.15, 0.2) is 5.69 Å². The summed E-state index contributed by atoms with van der Waals surface area (Å²) in [7, 11) is 1.65. The molecule has 0 spiro atoms. The number of nitrogens with one attached hydrogen (secondary N) is 2. The number of methoxy groups -OCH3 is 1. The fourth-order valence-electron chi connectivity index (χ4n) is 1.83. The third kappa shape index (κ3) is 2.68. The largest absolute Gasteiger partial charge is 0.384 e. The van der Waals surface area contributed by atoms with Crippen LogP contribution >= 0.6 is 0 Å². The number of carbonyl (C=O) groups excluding carboxylic acids is 1. The van der Waals surface area contributed by atoms with Crippen LogP contribution in [0.2, 0.25) is 0 Å². The highest BCUT2D eigenvalue weighted by Crippen LogP contribution is 2.14. The molecule has 0 saturated heterocycles. The Kier molecular flexibility index (Phi) is 3.94. The van der Waals surface area contributed by atoms with Crippen LogP contribution in [0.4, 0.5) is 0 Å². The third-order valence-electron chi connectivity index (χ3n) is 2.75. The zero-order valence-corrected chi connectivity index (χ0v) is 10.6. The molecular formula is C13H17N3O2. The van der Waals surface area contributed by atoms with E-state index >= 15 is 0 Å². The van der Waals surface area contributed by atoms with Crippen LogP contribution in [0.25, 0.3) is 10.9 Å². The maximum absolute atomic E-state index is 12.0. The molecule has 1 atom stereocenters. The van der Waals surface area contributed by atoms with Gasteiger partial charge in [-0.3, -0.25) is 9.89 Å². The van der Waals surface area contributed by atoms with Crippen LogP contribution < -0.4 is 5.32 Å². The fourth-order valence-corrected chi connectivity index (χ4v) is 1.83. The number of rotatable bonds is 5. The standard InChI is InChI=1S/C13H17N3O2/c1-9(8-18-2)7-14-13(17)12-10-5-3-4-6-11(10)15-16-12/h3-6,9H,7-8H2,1-2H3,(H,14,17)(H,15,16). The number of aromatic nitrogens is 2. The monoisotopic (exact) mass is 247 g/mol. The number of fused-ring (bicyclic) bond motifs is 1. The van der Waals surface area contributed by atoms with Gasteiger partial charge in [-0.2, -0.15) is 5.10 Å². The summed E-state index contributed by atoms with van der Waals surface area (Å²) >= 11 is 0. The fraction of sp³-hybridized carbons (Fsp3) is 0.385. The SMILES string of the molecule is COCC(C)CNC(=O)c1n[nH]c2ccccc12. The highest BCUT2D eigenvalue weighted by atomic mass is 16.5. The third-order valence-corrected chi connectivity index (χ3v) is 2.75. The Hall–Kier alpha value is -1.88. The van der Waals surface area contributed by atoms with Gasteiger partial charge in [0.05, 0.1) is 12.1 Å². The number of para-hydroxylation sites is 1. The molecular weight excluding hydrogens is 230 g/mol. The van der Waals surface area contributed by atoms with Crippen molar-refractivity contribution < 1.29 is 9.53 Å².